The van der Waals surface area contributed by atoms with Gasteiger partial charge in [0.25, 0.3) is 0 Å². The molecule has 2 aromatic rings. The largest absolute Gasteiger partial charge is 0.492 e. The molecule has 118 valence electrons. The number of aliphatic hydroxyl groups excluding tert-OH is 1. The van der Waals surface area contributed by atoms with Gasteiger partial charge in [-0.25, -0.2) is 8.42 Å². The number of benzene rings is 2. The van der Waals surface area contributed by atoms with Crippen molar-refractivity contribution in [3.63, 3.8) is 0 Å². The van der Waals surface area contributed by atoms with Gasteiger partial charge >= 0.3 is 0 Å². The van der Waals surface area contributed by atoms with Gasteiger partial charge < -0.3 is 9.84 Å². The first-order valence-electron chi connectivity index (χ1n) is 6.80. The Morgan fingerprint density at radius 3 is 2.32 bits per heavy atom. The van der Waals surface area contributed by atoms with Crippen molar-refractivity contribution in [3.05, 3.63) is 53.1 Å². The molecule has 0 atom stereocenters. The predicted octanol–water partition coefficient (Wildman–Crippen LogP) is 3.24. The van der Waals surface area contributed by atoms with Crippen LogP contribution in [0.4, 0.5) is 0 Å². The summed E-state index contributed by atoms with van der Waals surface area (Å²) in [5.41, 5.74) is 0.990. The normalized spacial score (nSPS) is 11.4. The molecular formula is C16H17ClO4S. The zero-order valence-corrected chi connectivity index (χ0v) is 13.7. The van der Waals surface area contributed by atoms with Crippen LogP contribution in [0.2, 0.25) is 5.02 Å². The van der Waals surface area contributed by atoms with E-state index >= 15 is 0 Å². The highest BCUT2D eigenvalue weighted by Crippen LogP contribution is 2.30. The summed E-state index contributed by atoms with van der Waals surface area (Å²) in [6.45, 7) is 2.24. The lowest BCUT2D eigenvalue weighted by molar-refractivity contribution is 0.233. The second-order valence-electron chi connectivity index (χ2n) is 4.83. The van der Waals surface area contributed by atoms with Crippen molar-refractivity contribution in [1.29, 1.82) is 0 Å². The summed E-state index contributed by atoms with van der Waals surface area (Å²) >= 11 is 6.08. The topological polar surface area (TPSA) is 63.6 Å². The van der Waals surface area contributed by atoms with Crippen molar-refractivity contribution < 1.29 is 18.3 Å². The molecule has 22 heavy (non-hydrogen) atoms. The van der Waals surface area contributed by atoms with E-state index < -0.39 is 9.84 Å². The Morgan fingerprint density at radius 1 is 1.09 bits per heavy atom. The highest BCUT2D eigenvalue weighted by atomic mass is 35.5. The number of aliphatic hydroxyl groups is 1. The molecule has 2 aromatic carbocycles. The number of halogens is 1. The lowest BCUT2D eigenvalue weighted by atomic mass is 10.2. The molecule has 0 aliphatic rings. The van der Waals surface area contributed by atoms with Crippen LogP contribution in [0, 0.1) is 6.92 Å². The van der Waals surface area contributed by atoms with Gasteiger partial charge in [0.15, 0.2) is 0 Å². The zero-order valence-electron chi connectivity index (χ0n) is 12.1. The Kier molecular flexibility index (Phi) is 5.45. The smallest absolute Gasteiger partial charge is 0.206 e. The minimum Gasteiger partial charge on any atom is -0.492 e. The molecule has 0 unspecified atom stereocenters. The van der Waals surface area contributed by atoms with E-state index in [1.165, 1.54) is 18.2 Å². The van der Waals surface area contributed by atoms with Gasteiger partial charge in [0, 0.05) is 13.0 Å². The molecule has 0 radical (unpaired) electrons. The maximum absolute atomic E-state index is 12.5. The monoisotopic (exact) mass is 340 g/mol. The maximum atomic E-state index is 12.5. The van der Waals surface area contributed by atoms with E-state index in [0.29, 0.717) is 18.8 Å². The lowest BCUT2D eigenvalue weighted by Crippen LogP contribution is -2.04. The van der Waals surface area contributed by atoms with Crippen LogP contribution < -0.4 is 4.74 Å². The molecular weight excluding hydrogens is 324 g/mol. The number of sulfone groups is 1. The van der Waals surface area contributed by atoms with Crippen molar-refractivity contribution in [2.45, 2.75) is 23.1 Å². The molecule has 4 nitrogen and oxygen atoms in total. The minimum atomic E-state index is -3.60. The van der Waals surface area contributed by atoms with Crippen LogP contribution in [-0.2, 0) is 9.84 Å². The molecule has 6 heteroatoms. The number of aryl methyl sites for hydroxylation is 1. The lowest BCUT2D eigenvalue weighted by Gasteiger charge is -2.10. The summed E-state index contributed by atoms with van der Waals surface area (Å²) in [5, 5.41) is 8.95. The first-order valence-corrected chi connectivity index (χ1v) is 8.66. The molecule has 2 rings (SSSR count). The highest BCUT2D eigenvalue weighted by Gasteiger charge is 2.19. The molecule has 0 amide bonds. The predicted molar refractivity (Wildman–Crippen MR) is 85.3 cm³/mol. The van der Waals surface area contributed by atoms with Gasteiger partial charge in [0.2, 0.25) is 9.84 Å². The number of ether oxygens (including phenoxy) is 1. The van der Waals surface area contributed by atoms with E-state index in [4.69, 9.17) is 21.4 Å². The maximum Gasteiger partial charge on any atom is 0.206 e. The van der Waals surface area contributed by atoms with Gasteiger partial charge in [0.05, 0.1) is 21.4 Å². The van der Waals surface area contributed by atoms with Gasteiger partial charge in [-0.1, -0.05) is 29.3 Å². The minimum absolute atomic E-state index is 0.0253. The van der Waals surface area contributed by atoms with E-state index in [-0.39, 0.29) is 21.4 Å². The fourth-order valence-electron chi connectivity index (χ4n) is 1.87. The Morgan fingerprint density at radius 2 is 1.73 bits per heavy atom. The van der Waals surface area contributed by atoms with E-state index in [1.807, 2.05) is 6.92 Å². The van der Waals surface area contributed by atoms with Crippen molar-refractivity contribution in [2.75, 3.05) is 13.2 Å². The van der Waals surface area contributed by atoms with Crippen LogP contribution in [0.3, 0.4) is 0 Å². The fourth-order valence-corrected chi connectivity index (χ4v) is 3.45. The average Bonchev–Trinajstić information content (AvgIpc) is 2.49. The molecule has 0 bridgehead atoms. The van der Waals surface area contributed by atoms with Crippen molar-refractivity contribution >= 4 is 21.4 Å². The zero-order chi connectivity index (χ0) is 16.2. The van der Waals surface area contributed by atoms with Crippen LogP contribution >= 0.6 is 11.6 Å². The van der Waals surface area contributed by atoms with Crippen molar-refractivity contribution in [2.24, 2.45) is 0 Å². The van der Waals surface area contributed by atoms with E-state index in [2.05, 4.69) is 0 Å². The first-order chi connectivity index (χ1) is 10.4. The second kappa shape index (κ2) is 7.13. The number of rotatable bonds is 6. The number of hydrogen-bond donors (Lipinski definition) is 1. The standard InChI is InChI=1S/C16H17ClO4S/c1-12-3-5-13(6-4-12)22(19,20)14-7-8-16(15(17)11-14)21-10-2-9-18/h3-8,11,18H,2,9-10H2,1H3. The summed E-state index contributed by atoms with van der Waals surface area (Å²) in [6, 6.07) is 11.0. The SMILES string of the molecule is Cc1ccc(S(=O)(=O)c2ccc(OCCCO)c(Cl)c2)cc1. The van der Waals surface area contributed by atoms with Gasteiger partial charge in [-0.15, -0.1) is 0 Å². The third-order valence-electron chi connectivity index (χ3n) is 3.10. The molecule has 0 aromatic heterocycles. The van der Waals surface area contributed by atoms with Gasteiger partial charge in [-0.05, 0) is 37.3 Å². The quantitative estimate of drug-likeness (QED) is 0.820. The van der Waals surface area contributed by atoms with Crippen LogP contribution in [0.5, 0.6) is 5.75 Å². The number of hydrogen-bond acceptors (Lipinski definition) is 4. The molecule has 0 saturated carbocycles. The van der Waals surface area contributed by atoms with E-state index in [0.717, 1.165) is 5.56 Å². The molecule has 0 fully saturated rings. The summed E-state index contributed by atoms with van der Waals surface area (Å²) in [4.78, 5) is 0.346. The first kappa shape index (κ1) is 16.8. The summed E-state index contributed by atoms with van der Waals surface area (Å²) in [6.07, 6.45) is 0.486. The third-order valence-corrected chi connectivity index (χ3v) is 5.17. The van der Waals surface area contributed by atoms with Gasteiger partial charge in [-0.2, -0.15) is 0 Å². The van der Waals surface area contributed by atoms with Crippen LogP contribution in [0.25, 0.3) is 0 Å². The summed E-state index contributed by atoms with van der Waals surface area (Å²) < 4.78 is 30.5. The Balaban J connectivity index is 2.28. The Labute approximate surface area is 135 Å². The Hall–Kier alpha value is -1.56. The average molecular weight is 341 g/mol. The van der Waals surface area contributed by atoms with Gasteiger partial charge in [0.1, 0.15) is 5.75 Å². The summed E-state index contributed by atoms with van der Waals surface area (Å²) in [5.74, 6) is 0.401. The highest BCUT2D eigenvalue weighted by molar-refractivity contribution is 7.91. The van der Waals surface area contributed by atoms with Crippen LogP contribution in [0.15, 0.2) is 52.3 Å². The summed E-state index contributed by atoms with van der Waals surface area (Å²) in [7, 11) is -3.60. The molecule has 1 N–H and O–H groups in total. The molecule has 0 spiro atoms. The van der Waals surface area contributed by atoms with Crippen LogP contribution in [-0.4, -0.2) is 26.7 Å². The van der Waals surface area contributed by atoms with E-state index in [1.54, 1.807) is 24.3 Å². The molecule has 0 saturated heterocycles. The van der Waals surface area contributed by atoms with Crippen molar-refractivity contribution in [3.8, 4) is 5.75 Å². The molecule has 0 heterocycles. The van der Waals surface area contributed by atoms with Crippen LogP contribution in [0.1, 0.15) is 12.0 Å². The fraction of sp³-hybridized carbons (Fsp3) is 0.250. The van der Waals surface area contributed by atoms with Gasteiger partial charge in [-0.3, -0.25) is 0 Å². The Bertz CT molecular complexity index is 739. The second-order valence-corrected chi connectivity index (χ2v) is 7.19. The third kappa shape index (κ3) is 3.80. The molecule has 0 aliphatic heterocycles. The van der Waals surface area contributed by atoms with Crippen molar-refractivity contribution in [1.82, 2.24) is 0 Å². The molecule has 0 aliphatic carbocycles. The van der Waals surface area contributed by atoms with E-state index in [9.17, 15) is 8.42 Å².